The van der Waals surface area contributed by atoms with Crippen LogP contribution in [0.1, 0.15) is 64.7 Å². The summed E-state index contributed by atoms with van der Waals surface area (Å²) in [5.41, 5.74) is 0.368. The van der Waals surface area contributed by atoms with Gasteiger partial charge in [0.1, 0.15) is 0 Å². The van der Waals surface area contributed by atoms with E-state index < -0.39 is 5.97 Å². The van der Waals surface area contributed by atoms with Crippen LogP contribution in [0.5, 0.6) is 0 Å². The molecular formula is C22H34O6. The van der Waals surface area contributed by atoms with E-state index in [9.17, 15) is 14.4 Å². The largest absolute Gasteiger partial charge is 0.469 e. The molecule has 0 atom stereocenters. The molecule has 28 heavy (non-hydrogen) atoms. The maximum Gasteiger partial charge on any atom is 0.333 e. The molecule has 0 aromatic rings. The van der Waals surface area contributed by atoms with Crippen LogP contribution >= 0.6 is 0 Å². The van der Waals surface area contributed by atoms with Gasteiger partial charge in [0.15, 0.2) is 0 Å². The van der Waals surface area contributed by atoms with Crippen molar-refractivity contribution in [1.82, 2.24) is 0 Å². The van der Waals surface area contributed by atoms with E-state index in [1.54, 1.807) is 6.92 Å². The first-order valence-electron chi connectivity index (χ1n) is 10.5. The lowest BCUT2D eigenvalue weighted by Crippen LogP contribution is -2.30. The molecule has 0 unspecified atom stereocenters. The SMILES string of the molecule is C=C(C)C(=O)OCCCOC(=O)C1CCC(C2CCC(C(=O)OC)CC2)CC1. The second kappa shape index (κ2) is 11.2. The zero-order valence-electron chi connectivity index (χ0n) is 17.2. The van der Waals surface area contributed by atoms with Crippen molar-refractivity contribution in [3.63, 3.8) is 0 Å². The van der Waals surface area contributed by atoms with Gasteiger partial charge in [-0.2, -0.15) is 0 Å². The number of ether oxygens (including phenoxy) is 3. The molecule has 0 aromatic carbocycles. The van der Waals surface area contributed by atoms with Gasteiger partial charge in [0, 0.05) is 12.0 Å². The minimum Gasteiger partial charge on any atom is -0.469 e. The third-order valence-corrected chi connectivity index (χ3v) is 6.19. The molecule has 158 valence electrons. The van der Waals surface area contributed by atoms with E-state index in [1.165, 1.54) is 7.11 Å². The van der Waals surface area contributed by atoms with E-state index in [4.69, 9.17) is 14.2 Å². The summed E-state index contributed by atoms with van der Waals surface area (Å²) in [4.78, 5) is 35.2. The number of methoxy groups -OCH3 is 1. The minimum absolute atomic E-state index is 0.0133. The third kappa shape index (κ3) is 6.64. The van der Waals surface area contributed by atoms with Crippen molar-refractivity contribution in [2.75, 3.05) is 20.3 Å². The normalized spacial score (nSPS) is 27.5. The van der Waals surface area contributed by atoms with Crippen LogP contribution in [0.3, 0.4) is 0 Å². The predicted octanol–water partition coefficient (Wildman–Crippen LogP) is 3.82. The van der Waals surface area contributed by atoms with Gasteiger partial charge >= 0.3 is 17.9 Å². The van der Waals surface area contributed by atoms with Gasteiger partial charge in [-0.1, -0.05) is 6.58 Å². The van der Waals surface area contributed by atoms with Crippen LogP contribution in [0.2, 0.25) is 0 Å². The summed E-state index contributed by atoms with van der Waals surface area (Å²) in [6.07, 6.45) is 8.40. The van der Waals surface area contributed by atoms with Crippen molar-refractivity contribution in [2.45, 2.75) is 64.7 Å². The third-order valence-electron chi connectivity index (χ3n) is 6.19. The average molecular weight is 395 g/mol. The Hall–Kier alpha value is -1.85. The fraction of sp³-hybridized carbons (Fsp3) is 0.773. The number of carbonyl (C=O) groups is 3. The van der Waals surface area contributed by atoms with Crippen LogP contribution in [-0.2, 0) is 28.6 Å². The maximum atomic E-state index is 12.2. The van der Waals surface area contributed by atoms with Gasteiger partial charge in [0.05, 0.1) is 32.2 Å². The smallest absolute Gasteiger partial charge is 0.333 e. The average Bonchev–Trinajstić information content (AvgIpc) is 2.72. The molecule has 0 bridgehead atoms. The van der Waals surface area contributed by atoms with Crippen LogP contribution in [0, 0.1) is 23.7 Å². The van der Waals surface area contributed by atoms with Crippen molar-refractivity contribution in [2.24, 2.45) is 23.7 Å². The number of hydrogen-bond acceptors (Lipinski definition) is 6. The zero-order chi connectivity index (χ0) is 20.5. The molecular weight excluding hydrogens is 360 g/mol. The van der Waals surface area contributed by atoms with E-state index in [2.05, 4.69) is 6.58 Å². The molecule has 0 radical (unpaired) electrons. The Morgan fingerprint density at radius 3 is 1.71 bits per heavy atom. The Morgan fingerprint density at radius 1 is 0.786 bits per heavy atom. The highest BCUT2D eigenvalue weighted by atomic mass is 16.5. The second-order valence-corrected chi connectivity index (χ2v) is 8.18. The summed E-state index contributed by atoms with van der Waals surface area (Å²) in [6, 6.07) is 0. The van der Waals surface area contributed by atoms with Gasteiger partial charge < -0.3 is 14.2 Å². The molecule has 0 saturated heterocycles. The second-order valence-electron chi connectivity index (χ2n) is 8.18. The van der Waals surface area contributed by atoms with Crippen LogP contribution in [0.15, 0.2) is 12.2 Å². The van der Waals surface area contributed by atoms with Crippen LogP contribution in [0.4, 0.5) is 0 Å². The highest BCUT2D eigenvalue weighted by Gasteiger charge is 2.35. The summed E-state index contributed by atoms with van der Waals surface area (Å²) in [5.74, 6) is 0.775. The van der Waals surface area contributed by atoms with Crippen molar-refractivity contribution in [1.29, 1.82) is 0 Å². The molecule has 0 aliphatic heterocycles. The predicted molar refractivity (Wildman–Crippen MR) is 104 cm³/mol. The molecule has 2 aliphatic rings. The minimum atomic E-state index is -0.412. The highest BCUT2D eigenvalue weighted by molar-refractivity contribution is 5.86. The van der Waals surface area contributed by atoms with Crippen molar-refractivity contribution in [3.8, 4) is 0 Å². The fourth-order valence-corrected chi connectivity index (χ4v) is 4.46. The van der Waals surface area contributed by atoms with E-state index in [0.29, 0.717) is 23.8 Å². The van der Waals surface area contributed by atoms with Gasteiger partial charge in [-0.15, -0.1) is 0 Å². The van der Waals surface area contributed by atoms with Crippen LogP contribution in [0.25, 0.3) is 0 Å². The monoisotopic (exact) mass is 394 g/mol. The molecule has 2 aliphatic carbocycles. The molecule has 0 heterocycles. The molecule has 2 saturated carbocycles. The lowest BCUT2D eigenvalue weighted by Gasteiger charge is -2.36. The maximum absolute atomic E-state index is 12.2. The summed E-state index contributed by atoms with van der Waals surface area (Å²) >= 11 is 0. The molecule has 6 nitrogen and oxygen atoms in total. The molecule has 0 amide bonds. The van der Waals surface area contributed by atoms with E-state index >= 15 is 0 Å². The van der Waals surface area contributed by atoms with Crippen molar-refractivity contribution < 1.29 is 28.6 Å². The number of hydrogen-bond donors (Lipinski definition) is 0. The first kappa shape index (κ1) is 22.4. The zero-order valence-corrected chi connectivity index (χ0v) is 17.2. The topological polar surface area (TPSA) is 78.9 Å². The molecule has 2 rings (SSSR count). The number of rotatable bonds is 8. The highest BCUT2D eigenvalue weighted by Crippen LogP contribution is 2.41. The summed E-state index contributed by atoms with van der Waals surface area (Å²) in [6.45, 7) is 5.63. The lowest BCUT2D eigenvalue weighted by atomic mass is 9.69. The standard InChI is InChI=1S/C22H34O6/c1-15(2)20(23)27-13-4-14-28-22(25)19-11-7-17(8-12-19)16-5-9-18(10-6-16)21(24)26-3/h16-19H,1,4-14H2,2-3H3. The van der Waals surface area contributed by atoms with E-state index in [-0.39, 0.29) is 37.0 Å². The van der Waals surface area contributed by atoms with Crippen molar-refractivity contribution in [3.05, 3.63) is 12.2 Å². The Bertz CT molecular complexity index is 553. The number of esters is 3. The quantitative estimate of drug-likeness (QED) is 0.269. The van der Waals surface area contributed by atoms with Crippen molar-refractivity contribution >= 4 is 17.9 Å². The van der Waals surface area contributed by atoms with Gasteiger partial charge in [-0.25, -0.2) is 4.79 Å². The summed E-state index contributed by atoms with van der Waals surface area (Å²) in [5, 5.41) is 0. The van der Waals surface area contributed by atoms with Gasteiger partial charge in [-0.3, -0.25) is 9.59 Å². The Labute approximate surface area is 168 Å². The van der Waals surface area contributed by atoms with Crippen LogP contribution in [-0.4, -0.2) is 38.2 Å². The molecule has 0 N–H and O–H groups in total. The molecule has 6 heteroatoms. The summed E-state index contributed by atoms with van der Waals surface area (Å²) in [7, 11) is 1.46. The Morgan fingerprint density at radius 2 is 1.25 bits per heavy atom. The lowest BCUT2D eigenvalue weighted by molar-refractivity contribution is -0.151. The Kier molecular flexibility index (Phi) is 9.00. The molecule has 0 spiro atoms. The summed E-state index contributed by atoms with van der Waals surface area (Å²) < 4.78 is 15.2. The fourth-order valence-electron chi connectivity index (χ4n) is 4.46. The number of carbonyl (C=O) groups excluding carboxylic acids is 3. The van der Waals surface area contributed by atoms with Crippen LogP contribution < -0.4 is 0 Å². The molecule has 0 aromatic heterocycles. The van der Waals surface area contributed by atoms with Gasteiger partial charge in [-0.05, 0) is 70.1 Å². The molecule has 2 fully saturated rings. The van der Waals surface area contributed by atoms with E-state index in [1.807, 2.05) is 0 Å². The van der Waals surface area contributed by atoms with Gasteiger partial charge in [0.2, 0.25) is 0 Å². The first-order chi connectivity index (χ1) is 13.4. The van der Waals surface area contributed by atoms with Gasteiger partial charge in [0.25, 0.3) is 0 Å². The first-order valence-corrected chi connectivity index (χ1v) is 10.5. The Balaban J connectivity index is 1.60. The van der Waals surface area contributed by atoms with E-state index in [0.717, 1.165) is 51.4 Å².